The Kier molecular flexibility index (Phi) is 4.26. The van der Waals surface area contributed by atoms with Crippen LogP contribution in [0.1, 0.15) is 36.0 Å². The maximum absolute atomic E-state index is 12.7. The first-order valence-electron chi connectivity index (χ1n) is 6.25. The summed E-state index contributed by atoms with van der Waals surface area (Å²) in [5.41, 5.74) is 0.625. The van der Waals surface area contributed by atoms with Gasteiger partial charge in [-0.25, -0.2) is 4.39 Å². The van der Waals surface area contributed by atoms with Crippen LogP contribution in [0.25, 0.3) is 0 Å². The van der Waals surface area contributed by atoms with Crippen molar-refractivity contribution >= 4 is 5.78 Å². The molecule has 0 unspecified atom stereocenters. The molecule has 1 fully saturated rings. The molecule has 0 radical (unpaired) electrons. The fourth-order valence-corrected chi connectivity index (χ4v) is 2.29. The minimum Gasteiger partial charge on any atom is -0.317 e. The van der Waals surface area contributed by atoms with Gasteiger partial charge in [0.05, 0.1) is 0 Å². The number of carbonyl (C=O) groups is 1. The highest BCUT2D eigenvalue weighted by atomic mass is 19.1. The highest BCUT2D eigenvalue weighted by molar-refractivity contribution is 5.95. The number of Topliss-reactive ketones (excluding diaryl/α,β-unsaturated/α-hetero) is 1. The summed E-state index contributed by atoms with van der Waals surface area (Å²) in [5.74, 6) is 0.504. The first-order chi connectivity index (χ1) is 8.25. The number of hydrogen-bond acceptors (Lipinski definition) is 2. The van der Waals surface area contributed by atoms with Crippen LogP contribution in [0.3, 0.4) is 0 Å². The molecule has 3 heteroatoms. The Balaban J connectivity index is 1.82. The third kappa shape index (κ3) is 3.63. The number of hydrogen-bond donors (Lipinski definition) is 1. The van der Waals surface area contributed by atoms with E-state index >= 15 is 0 Å². The lowest BCUT2D eigenvalue weighted by atomic mass is 9.91. The molecule has 0 aromatic heterocycles. The molecule has 0 aliphatic carbocycles. The van der Waals surface area contributed by atoms with E-state index in [2.05, 4.69) is 5.32 Å². The lowest BCUT2D eigenvalue weighted by Crippen LogP contribution is -2.27. The summed E-state index contributed by atoms with van der Waals surface area (Å²) < 4.78 is 12.7. The molecular weight excluding hydrogens is 217 g/mol. The molecule has 17 heavy (non-hydrogen) atoms. The van der Waals surface area contributed by atoms with Crippen LogP contribution in [0.2, 0.25) is 0 Å². The maximum atomic E-state index is 12.7. The van der Waals surface area contributed by atoms with E-state index in [1.54, 1.807) is 12.1 Å². The summed E-state index contributed by atoms with van der Waals surface area (Å²) in [6, 6.07) is 5.83. The van der Waals surface area contributed by atoms with E-state index in [0.717, 1.165) is 32.4 Å². The first kappa shape index (κ1) is 12.2. The number of benzene rings is 1. The molecular formula is C14H18FNO. The van der Waals surface area contributed by atoms with Crippen molar-refractivity contribution in [2.75, 3.05) is 13.1 Å². The average Bonchev–Trinajstić information content (AvgIpc) is 2.38. The van der Waals surface area contributed by atoms with Gasteiger partial charge in [-0.15, -0.1) is 0 Å². The number of halogens is 1. The fraction of sp³-hybridized carbons (Fsp3) is 0.500. The standard InChI is InChI=1S/C14H18FNO/c15-13-4-2-12(3-5-13)14(17)6-1-11-7-9-16-10-8-11/h2-5,11,16H,1,6-10H2. The third-order valence-electron chi connectivity index (χ3n) is 3.40. The highest BCUT2D eigenvalue weighted by Crippen LogP contribution is 2.19. The summed E-state index contributed by atoms with van der Waals surface area (Å²) >= 11 is 0. The van der Waals surface area contributed by atoms with Gasteiger partial charge in [0, 0.05) is 12.0 Å². The Bertz CT molecular complexity index is 368. The van der Waals surface area contributed by atoms with Crippen molar-refractivity contribution in [2.24, 2.45) is 5.92 Å². The zero-order chi connectivity index (χ0) is 12.1. The normalized spacial score (nSPS) is 17.0. The maximum Gasteiger partial charge on any atom is 0.162 e. The fourth-order valence-electron chi connectivity index (χ4n) is 2.29. The van der Waals surface area contributed by atoms with E-state index in [-0.39, 0.29) is 11.6 Å². The molecule has 0 atom stereocenters. The van der Waals surface area contributed by atoms with Crippen molar-refractivity contribution < 1.29 is 9.18 Å². The molecule has 1 saturated heterocycles. The van der Waals surface area contributed by atoms with Crippen molar-refractivity contribution in [1.29, 1.82) is 0 Å². The first-order valence-corrected chi connectivity index (χ1v) is 6.25. The van der Waals surface area contributed by atoms with E-state index in [4.69, 9.17) is 0 Å². The van der Waals surface area contributed by atoms with Crippen LogP contribution >= 0.6 is 0 Å². The van der Waals surface area contributed by atoms with Gasteiger partial charge in [0.15, 0.2) is 5.78 Å². The second-order valence-electron chi connectivity index (χ2n) is 4.66. The molecule has 1 aromatic rings. The molecule has 1 aliphatic rings. The van der Waals surface area contributed by atoms with E-state index in [1.807, 2.05) is 0 Å². The van der Waals surface area contributed by atoms with Crippen LogP contribution in [-0.4, -0.2) is 18.9 Å². The Hall–Kier alpha value is -1.22. The zero-order valence-corrected chi connectivity index (χ0v) is 9.92. The second kappa shape index (κ2) is 5.92. The van der Waals surface area contributed by atoms with Gasteiger partial charge in [0.1, 0.15) is 5.82 Å². The molecule has 1 aromatic carbocycles. The Labute approximate surface area is 101 Å². The third-order valence-corrected chi connectivity index (χ3v) is 3.40. The van der Waals surface area contributed by atoms with Gasteiger partial charge in [-0.2, -0.15) is 0 Å². The number of rotatable bonds is 4. The number of carbonyl (C=O) groups excluding carboxylic acids is 1. The van der Waals surface area contributed by atoms with Crippen molar-refractivity contribution in [3.05, 3.63) is 35.6 Å². The molecule has 0 saturated carbocycles. The second-order valence-corrected chi connectivity index (χ2v) is 4.66. The summed E-state index contributed by atoms with van der Waals surface area (Å²) in [7, 11) is 0. The molecule has 1 aliphatic heterocycles. The lowest BCUT2D eigenvalue weighted by molar-refractivity contribution is 0.0971. The summed E-state index contributed by atoms with van der Waals surface area (Å²) in [4.78, 5) is 11.9. The topological polar surface area (TPSA) is 29.1 Å². The number of nitrogens with one attached hydrogen (secondary N) is 1. The van der Waals surface area contributed by atoms with Crippen LogP contribution in [0.5, 0.6) is 0 Å². The van der Waals surface area contributed by atoms with Gasteiger partial charge < -0.3 is 5.32 Å². The Morgan fingerprint density at radius 3 is 2.53 bits per heavy atom. The van der Waals surface area contributed by atoms with Crippen LogP contribution in [0, 0.1) is 11.7 Å². The smallest absolute Gasteiger partial charge is 0.162 e. The van der Waals surface area contributed by atoms with Crippen molar-refractivity contribution in [1.82, 2.24) is 5.32 Å². The van der Waals surface area contributed by atoms with Crippen LogP contribution in [-0.2, 0) is 0 Å². The van der Waals surface area contributed by atoms with Gasteiger partial charge in [-0.05, 0) is 62.5 Å². The van der Waals surface area contributed by atoms with Crippen molar-refractivity contribution in [2.45, 2.75) is 25.7 Å². The molecule has 92 valence electrons. The average molecular weight is 235 g/mol. The lowest BCUT2D eigenvalue weighted by Gasteiger charge is -2.22. The van der Waals surface area contributed by atoms with Crippen LogP contribution in [0.15, 0.2) is 24.3 Å². The van der Waals surface area contributed by atoms with Gasteiger partial charge in [-0.3, -0.25) is 4.79 Å². The monoisotopic (exact) mass is 235 g/mol. The largest absolute Gasteiger partial charge is 0.317 e. The molecule has 1 heterocycles. The van der Waals surface area contributed by atoms with Gasteiger partial charge in [0.25, 0.3) is 0 Å². The molecule has 1 N–H and O–H groups in total. The van der Waals surface area contributed by atoms with Crippen LogP contribution in [0.4, 0.5) is 4.39 Å². The van der Waals surface area contributed by atoms with E-state index in [0.29, 0.717) is 17.9 Å². The SMILES string of the molecule is O=C(CCC1CCNCC1)c1ccc(F)cc1. The van der Waals surface area contributed by atoms with Gasteiger partial charge >= 0.3 is 0 Å². The van der Waals surface area contributed by atoms with Gasteiger partial charge in [0.2, 0.25) is 0 Å². The predicted octanol–water partition coefficient (Wildman–Crippen LogP) is 2.79. The van der Waals surface area contributed by atoms with E-state index < -0.39 is 0 Å². The number of ketones is 1. The minimum atomic E-state index is -0.292. The van der Waals surface area contributed by atoms with E-state index in [1.165, 1.54) is 12.1 Å². The summed E-state index contributed by atoms with van der Waals surface area (Å²) in [6.07, 6.45) is 3.86. The van der Waals surface area contributed by atoms with E-state index in [9.17, 15) is 9.18 Å². The highest BCUT2D eigenvalue weighted by Gasteiger charge is 2.15. The molecule has 2 nitrogen and oxygen atoms in total. The molecule has 0 amide bonds. The van der Waals surface area contributed by atoms with Crippen molar-refractivity contribution in [3.8, 4) is 0 Å². The molecule has 0 spiro atoms. The van der Waals surface area contributed by atoms with Crippen molar-refractivity contribution in [3.63, 3.8) is 0 Å². The number of piperidine rings is 1. The van der Waals surface area contributed by atoms with Crippen LogP contribution < -0.4 is 5.32 Å². The van der Waals surface area contributed by atoms with Gasteiger partial charge in [-0.1, -0.05) is 0 Å². The summed E-state index contributed by atoms with van der Waals surface area (Å²) in [5, 5.41) is 3.31. The quantitative estimate of drug-likeness (QED) is 0.813. The molecule has 2 rings (SSSR count). The predicted molar refractivity (Wildman–Crippen MR) is 65.6 cm³/mol. The minimum absolute atomic E-state index is 0.128. The Morgan fingerprint density at radius 1 is 1.24 bits per heavy atom. The summed E-state index contributed by atoms with van der Waals surface area (Å²) in [6.45, 7) is 2.13. The Morgan fingerprint density at radius 2 is 1.88 bits per heavy atom. The zero-order valence-electron chi connectivity index (χ0n) is 9.92. The molecule has 0 bridgehead atoms.